The number of hydrogen-bond acceptors (Lipinski definition) is 5. The van der Waals surface area contributed by atoms with Crippen LogP contribution in [0.25, 0.3) is 0 Å². The van der Waals surface area contributed by atoms with Crippen molar-refractivity contribution in [1.29, 1.82) is 0 Å². The maximum absolute atomic E-state index is 12.0. The van der Waals surface area contributed by atoms with Crippen molar-refractivity contribution in [3.05, 3.63) is 48.6 Å². The van der Waals surface area contributed by atoms with Crippen LogP contribution >= 0.6 is 0 Å². The molecule has 7 nitrogen and oxygen atoms in total. The van der Waals surface area contributed by atoms with Gasteiger partial charge in [0, 0.05) is 17.8 Å². The molecule has 0 aliphatic heterocycles. The molecule has 0 aliphatic carbocycles. The van der Waals surface area contributed by atoms with Crippen LogP contribution in [0.2, 0.25) is 0 Å². The van der Waals surface area contributed by atoms with Crippen molar-refractivity contribution in [2.45, 2.75) is 44.7 Å². The number of sulfonamides is 1. The minimum absolute atomic E-state index is 0.0952. The summed E-state index contributed by atoms with van der Waals surface area (Å²) in [5.41, 5.74) is 0.394. The van der Waals surface area contributed by atoms with E-state index < -0.39 is 28.0 Å². The van der Waals surface area contributed by atoms with Crippen LogP contribution < -0.4 is 10.0 Å². The molecule has 142 valence electrons. The number of carbonyl (C=O) groups excluding carboxylic acids is 2. The van der Waals surface area contributed by atoms with Gasteiger partial charge in [-0.1, -0.05) is 18.2 Å². The van der Waals surface area contributed by atoms with Crippen LogP contribution in [-0.2, 0) is 24.3 Å². The summed E-state index contributed by atoms with van der Waals surface area (Å²) in [7, 11) is -3.59. The second kappa shape index (κ2) is 9.88. The number of amides is 1. The van der Waals surface area contributed by atoms with Gasteiger partial charge in [-0.2, -0.15) is 0 Å². The first-order chi connectivity index (χ1) is 12.2. The van der Waals surface area contributed by atoms with Crippen molar-refractivity contribution in [3.63, 3.8) is 0 Å². The van der Waals surface area contributed by atoms with Crippen molar-refractivity contribution in [1.82, 2.24) is 4.72 Å². The van der Waals surface area contributed by atoms with Gasteiger partial charge in [-0.3, -0.25) is 4.79 Å². The van der Waals surface area contributed by atoms with Gasteiger partial charge in [0.25, 0.3) is 5.91 Å². The molecule has 8 heteroatoms. The van der Waals surface area contributed by atoms with Gasteiger partial charge in [-0.25, -0.2) is 17.9 Å². The minimum Gasteiger partial charge on any atom is -0.449 e. The van der Waals surface area contributed by atoms with Gasteiger partial charge in [-0.15, -0.1) is 0 Å². The second-order valence-corrected chi connectivity index (χ2v) is 7.47. The minimum atomic E-state index is -3.59. The normalized spacial score (nSPS) is 13.3. The maximum Gasteiger partial charge on any atom is 0.331 e. The quantitative estimate of drug-likeness (QED) is 0.410. The first-order valence-corrected chi connectivity index (χ1v) is 9.57. The Bertz CT molecular complexity index is 780. The number of nitrogens with one attached hydrogen (secondary N) is 2. The van der Waals surface area contributed by atoms with Crippen LogP contribution in [0.15, 0.2) is 53.5 Å². The van der Waals surface area contributed by atoms with Crippen LogP contribution in [0.3, 0.4) is 0 Å². The maximum atomic E-state index is 12.0. The summed E-state index contributed by atoms with van der Waals surface area (Å²) in [6.07, 6.45) is 5.14. The number of rotatable bonds is 8. The summed E-state index contributed by atoms with van der Waals surface area (Å²) in [5, 5.41) is 2.56. The van der Waals surface area contributed by atoms with Gasteiger partial charge in [-0.05, 0) is 52.0 Å². The molecule has 2 N–H and O–H groups in total. The molecule has 0 saturated heterocycles. The van der Waals surface area contributed by atoms with Gasteiger partial charge in [0.15, 0.2) is 6.10 Å². The number of carbonyl (C=O) groups is 2. The fourth-order valence-corrected chi connectivity index (χ4v) is 3.10. The molecule has 1 atom stereocenters. The largest absolute Gasteiger partial charge is 0.449 e. The molecule has 1 rings (SSSR count). The van der Waals surface area contributed by atoms with Gasteiger partial charge >= 0.3 is 5.97 Å². The zero-order valence-electron chi connectivity index (χ0n) is 15.2. The molecular weight excluding hydrogens is 356 g/mol. The lowest BCUT2D eigenvalue weighted by Crippen LogP contribution is -2.30. The highest BCUT2D eigenvalue weighted by Crippen LogP contribution is 2.15. The summed E-state index contributed by atoms with van der Waals surface area (Å²) in [6, 6.07) is 5.48. The number of allylic oxidation sites excluding steroid dienone is 3. The first kappa shape index (κ1) is 21.6. The molecule has 26 heavy (non-hydrogen) atoms. The second-order valence-electron chi connectivity index (χ2n) is 5.75. The topological polar surface area (TPSA) is 102 Å². The van der Waals surface area contributed by atoms with E-state index in [1.807, 2.05) is 0 Å². The summed E-state index contributed by atoms with van der Waals surface area (Å²) in [6.45, 7) is 6.70. The van der Waals surface area contributed by atoms with E-state index in [9.17, 15) is 18.0 Å². The summed E-state index contributed by atoms with van der Waals surface area (Å²) in [4.78, 5) is 23.7. The average molecular weight is 380 g/mol. The van der Waals surface area contributed by atoms with Crippen LogP contribution in [0.1, 0.15) is 27.7 Å². The molecule has 0 spiro atoms. The fourth-order valence-electron chi connectivity index (χ4n) is 1.85. The zero-order chi connectivity index (χ0) is 19.7. The van der Waals surface area contributed by atoms with Crippen molar-refractivity contribution >= 4 is 27.6 Å². The van der Waals surface area contributed by atoms with E-state index in [4.69, 9.17) is 4.74 Å². The Morgan fingerprint density at radius 1 is 1.08 bits per heavy atom. The monoisotopic (exact) mass is 380 g/mol. The molecule has 0 heterocycles. The predicted molar refractivity (Wildman–Crippen MR) is 100 cm³/mol. The van der Waals surface area contributed by atoms with E-state index in [0.29, 0.717) is 5.69 Å². The smallest absolute Gasteiger partial charge is 0.331 e. The van der Waals surface area contributed by atoms with Crippen LogP contribution in [-0.4, -0.2) is 32.4 Å². The Balaban J connectivity index is 2.68. The average Bonchev–Trinajstić information content (AvgIpc) is 2.54. The van der Waals surface area contributed by atoms with Crippen LogP contribution in [0.5, 0.6) is 0 Å². The van der Waals surface area contributed by atoms with Crippen LogP contribution in [0.4, 0.5) is 5.69 Å². The van der Waals surface area contributed by atoms with Crippen molar-refractivity contribution < 1.29 is 22.7 Å². The molecule has 0 fully saturated rings. The number of esters is 1. The standard InChI is InChI=1S/C18H24N2O5S/c1-5-6-7-8-17(21)25-14(4)18(22)19-15-9-11-16(12-10-15)26(23,24)20-13(2)3/h5-14,20H,1-4H3,(H,19,22)/b6-5+,8-7+/t14-/m1/s1. The van der Waals surface area contributed by atoms with Crippen molar-refractivity contribution in [3.8, 4) is 0 Å². The molecule has 1 aromatic rings. The number of hydrogen-bond donors (Lipinski definition) is 2. The summed E-state index contributed by atoms with van der Waals surface area (Å²) < 4.78 is 31.5. The third-order valence-corrected chi connectivity index (χ3v) is 4.70. The fraction of sp³-hybridized carbons (Fsp3) is 0.333. The lowest BCUT2D eigenvalue weighted by atomic mass is 10.3. The number of benzene rings is 1. The highest BCUT2D eigenvalue weighted by Gasteiger charge is 2.18. The Kier molecular flexibility index (Phi) is 8.21. The number of ether oxygens (including phenoxy) is 1. The molecule has 0 aromatic heterocycles. The third kappa shape index (κ3) is 7.20. The molecule has 0 aliphatic rings. The Labute approximate surface area is 154 Å². The lowest BCUT2D eigenvalue weighted by Gasteiger charge is -2.13. The molecule has 0 saturated carbocycles. The van der Waals surface area contributed by atoms with E-state index in [1.165, 1.54) is 43.3 Å². The molecule has 1 aromatic carbocycles. The Morgan fingerprint density at radius 3 is 2.23 bits per heavy atom. The van der Waals surface area contributed by atoms with E-state index in [-0.39, 0.29) is 10.9 Å². The van der Waals surface area contributed by atoms with Crippen molar-refractivity contribution in [2.24, 2.45) is 0 Å². The lowest BCUT2D eigenvalue weighted by molar-refractivity contribution is -0.148. The molecule has 1 amide bonds. The van der Waals surface area contributed by atoms with Crippen molar-refractivity contribution in [2.75, 3.05) is 5.32 Å². The zero-order valence-corrected chi connectivity index (χ0v) is 16.0. The van der Waals surface area contributed by atoms with E-state index in [0.717, 1.165) is 0 Å². The van der Waals surface area contributed by atoms with Crippen LogP contribution in [0, 0.1) is 0 Å². The molecule has 0 radical (unpaired) electrons. The highest BCUT2D eigenvalue weighted by molar-refractivity contribution is 7.89. The SMILES string of the molecule is C/C=C/C=C/C(=O)O[C@H](C)C(=O)Nc1ccc(S(=O)(=O)NC(C)C)cc1. The first-order valence-electron chi connectivity index (χ1n) is 8.09. The third-order valence-electron chi connectivity index (χ3n) is 3.02. The van der Waals surface area contributed by atoms with Gasteiger partial charge in [0.2, 0.25) is 10.0 Å². The molecular formula is C18H24N2O5S. The predicted octanol–water partition coefficient (Wildman–Crippen LogP) is 2.38. The Morgan fingerprint density at radius 2 is 1.69 bits per heavy atom. The highest BCUT2D eigenvalue weighted by atomic mass is 32.2. The summed E-state index contributed by atoms with van der Waals surface area (Å²) >= 11 is 0. The molecule has 0 unspecified atom stereocenters. The number of anilines is 1. The van der Waals surface area contributed by atoms with Gasteiger partial charge in [0.05, 0.1) is 4.90 Å². The van der Waals surface area contributed by atoms with E-state index >= 15 is 0 Å². The van der Waals surface area contributed by atoms with E-state index in [2.05, 4.69) is 10.0 Å². The Hall–Kier alpha value is -2.45. The van der Waals surface area contributed by atoms with Gasteiger partial charge < -0.3 is 10.1 Å². The van der Waals surface area contributed by atoms with E-state index in [1.54, 1.807) is 32.9 Å². The van der Waals surface area contributed by atoms with Gasteiger partial charge in [0.1, 0.15) is 0 Å². The molecule has 0 bridgehead atoms. The summed E-state index contributed by atoms with van der Waals surface area (Å²) in [5.74, 6) is -1.15.